The maximum absolute atomic E-state index is 5.39. The fraction of sp³-hybridized carbons (Fsp3) is 0.333. The summed E-state index contributed by atoms with van der Waals surface area (Å²) in [6, 6.07) is 16.8. The number of hydrogen-bond acceptors (Lipinski definition) is 5. The van der Waals surface area contributed by atoms with Crippen molar-refractivity contribution in [2.24, 2.45) is 0 Å². The Labute approximate surface area is 172 Å². The molecule has 3 aromatic rings. The van der Waals surface area contributed by atoms with Crippen molar-refractivity contribution < 1.29 is 4.74 Å². The molecule has 0 bridgehead atoms. The van der Waals surface area contributed by atoms with Crippen LogP contribution >= 0.6 is 0 Å². The Morgan fingerprint density at radius 1 is 1.00 bits per heavy atom. The Morgan fingerprint density at radius 2 is 1.90 bits per heavy atom. The van der Waals surface area contributed by atoms with Gasteiger partial charge in [0.05, 0.1) is 18.5 Å². The van der Waals surface area contributed by atoms with Gasteiger partial charge in [0, 0.05) is 50.2 Å². The highest BCUT2D eigenvalue weighted by atomic mass is 16.5. The number of nitrogens with zero attached hydrogens (tertiary/aromatic N) is 4. The first-order chi connectivity index (χ1) is 14.3. The second kappa shape index (κ2) is 7.48. The number of pyridine rings is 2. The highest BCUT2D eigenvalue weighted by Crippen LogP contribution is 2.45. The van der Waals surface area contributed by atoms with Gasteiger partial charge in [0.15, 0.2) is 0 Å². The molecule has 5 nitrogen and oxygen atoms in total. The van der Waals surface area contributed by atoms with E-state index in [2.05, 4.69) is 51.2 Å². The molecule has 2 aromatic heterocycles. The number of anilines is 1. The van der Waals surface area contributed by atoms with Gasteiger partial charge in [0.25, 0.3) is 0 Å². The third-order valence-corrected chi connectivity index (χ3v) is 6.19. The lowest BCUT2D eigenvalue weighted by molar-refractivity contribution is 0.304. The molecule has 0 amide bonds. The number of fused-ring (bicyclic) bond motifs is 2. The second-order valence-electron chi connectivity index (χ2n) is 8.18. The number of ether oxygens (including phenoxy) is 1. The molecule has 0 aliphatic carbocycles. The molecule has 1 unspecified atom stereocenters. The third-order valence-electron chi connectivity index (χ3n) is 6.19. The lowest BCUT2D eigenvalue weighted by atomic mass is 9.85. The van der Waals surface area contributed by atoms with Crippen molar-refractivity contribution in [1.82, 2.24) is 14.9 Å². The van der Waals surface area contributed by atoms with Crippen molar-refractivity contribution in [2.45, 2.75) is 24.9 Å². The SMILES string of the molecule is COc1cccc(CN2CCC3(C2)CN(Cc2cccnc2)c2cccnc23)c1. The van der Waals surface area contributed by atoms with Gasteiger partial charge in [-0.15, -0.1) is 0 Å². The monoisotopic (exact) mass is 386 g/mol. The Bertz CT molecular complexity index is 993. The van der Waals surface area contributed by atoms with Gasteiger partial charge in [0.2, 0.25) is 0 Å². The number of likely N-dealkylation sites (tertiary alicyclic amines) is 1. The van der Waals surface area contributed by atoms with Crippen molar-refractivity contribution in [3.8, 4) is 5.75 Å². The molecule has 0 radical (unpaired) electrons. The van der Waals surface area contributed by atoms with Crippen LogP contribution in [0.2, 0.25) is 0 Å². The molecule has 0 saturated carbocycles. The zero-order valence-corrected chi connectivity index (χ0v) is 16.8. The molecule has 2 aliphatic heterocycles. The summed E-state index contributed by atoms with van der Waals surface area (Å²) in [7, 11) is 1.72. The molecule has 0 N–H and O–H groups in total. The number of rotatable bonds is 5. The molecule has 1 fully saturated rings. The predicted octanol–water partition coefficient (Wildman–Crippen LogP) is 3.65. The quantitative estimate of drug-likeness (QED) is 0.670. The fourth-order valence-corrected chi connectivity index (χ4v) is 4.88. The van der Waals surface area contributed by atoms with Crippen LogP contribution in [0.25, 0.3) is 0 Å². The van der Waals surface area contributed by atoms with Crippen LogP contribution in [0.15, 0.2) is 67.1 Å². The number of aromatic nitrogens is 2. The smallest absolute Gasteiger partial charge is 0.119 e. The largest absolute Gasteiger partial charge is 0.497 e. The van der Waals surface area contributed by atoms with E-state index in [-0.39, 0.29) is 5.41 Å². The molecule has 2 aliphatic rings. The summed E-state index contributed by atoms with van der Waals surface area (Å²) in [5, 5.41) is 0. The summed E-state index contributed by atoms with van der Waals surface area (Å²) in [6.07, 6.45) is 6.88. The van der Waals surface area contributed by atoms with Crippen LogP contribution < -0.4 is 9.64 Å². The third kappa shape index (κ3) is 3.47. The first-order valence-corrected chi connectivity index (χ1v) is 10.2. The van der Waals surface area contributed by atoms with E-state index in [9.17, 15) is 0 Å². The summed E-state index contributed by atoms with van der Waals surface area (Å²) >= 11 is 0. The highest BCUT2D eigenvalue weighted by molar-refractivity contribution is 5.60. The predicted molar refractivity (Wildman–Crippen MR) is 114 cm³/mol. The van der Waals surface area contributed by atoms with Gasteiger partial charge in [-0.2, -0.15) is 0 Å². The van der Waals surface area contributed by atoms with Gasteiger partial charge in [0.1, 0.15) is 5.75 Å². The minimum absolute atomic E-state index is 0.109. The van der Waals surface area contributed by atoms with Gasteiger partial charge >= 0.3 is 0 Å². The van der Waals surface area contributed by atoms with Crippen LogP contribution in [-0.2, 0) is 18.5 Å². The average Bonchev–Trinajstić information content (AvgIpc) is 3.30. The maximum Gasteiger partial charge on any atom is 0.119 e. The van der Waals surface area contributed by atoms with Crippen molar-refractivity contribution >= 4 is 5.69 Å². The van der Waals surface area contributed by atoms with Gasteiger partial charge in [-0.25, -0.2) is 0 Å². The molecule has 29 heavy (non-hydrogen) atoms. The van der Waals surface area contributed by atoms with Crippen molar-refractivity contribution in [2.75, 3.05) is 31.6 Å². The van der Waals surface area contributed by atoms with Crippen LogP contribution in [0.3, 0.4) is 0 Å². The summed E-state index contributed by atoms with van der Waals surface area (Å²) in [5.41, 5.74) is 5.19. The van der Waals surface area contributed by atoms with Gasteiger partial charge in [-0.3, -0.25) is 14.9 Å². The molecule has 5 rings (SSSR count). The summed E-state index contributed by atoms with van der Waals surface area (Å²) in [4.78, 5) is 14.2. The van der Waals surface area contributed by atoms with E-state index in [1.807, 2.05) is 30.7 Å². The van der Waals surface area contributed by atoms with E-state index in [1.54, 1.807) is 7.11 Å². The van der Waals surface area contributed by atoms with Crippen molar-refractivity contribution in [3.63, 3.8) is 0 Å². The van der Waals surface area contributed by atoms with Gasteiger partial charge in [-0.1, -0.05) is 18.2 Å². The van der Waals surface area contributed by atoms with Crippen LogP contribution in [0, 0.1) is 0 Å². The molecular weight excluding hydrogens is 360 g/mol. The minimum atomic E-state index is 0.109. The molecule has 1 spiro atoms. The Kier molecular flexibility index (Phi) is 4.68. The zero-order valence-electron chi connectivity index (χ0n) is 16.8. The van der Waals surface area contributed by atoms with E-state index in [0.717, 1.165) is 44.9 Å². The molecule has 5 heteroatoms. The Hall–Kier alpha value is -2.92. The van der Waals surface area contributed by atoms with Crippen molar-refractivity contribution in [1.29, 1.82) is 0 Å². The van der Waals surface area contributed by atoms with Gasteiger partial charge in [-0.05, 0) is 54.4 Å². The van der Waals surface area contributed by atoms with E-state index < -0.39 is 0 Å². The lowest BCUT2D eigenvalue weighted by Gasteiger charge is -2.26. The standard InChI is InChI=1S/C24H26N4O/c1-29-21-7-2-5-19(13-21)15-27-12-9-24(17-27)18-28(16-20-6-3-10-25-14-20)22-8-4-11-26-23(22)24/h2-8,10-11,13-14H,9,12,15-18H2,1H3. The number of hydrogen-bond donors (Lipinski definition) is 0. The molecule has 4 heterocycles. The van der Waals surface area contributed by atoms with E-state index in [0.29, 0.717) is 0 Å². The number of methoxy groups -OCH3 is 1. The molecular formula is C24H26N4O. The topological polar surface area (TPSA) is 41.5 Å². The first kappa shape index (κ1) is 18.1. The zero-order chi connectivity index (χ0) is 19.7. The van der Waals surface area contributed by atoms with Crippen LogP contribution in [0.4, 0.5) is 5.69 Å². The van der Waals surface area contributed by atoms with E-state index in [4.69, 9.17) is 9.72 Å². The Morgan fingerprint density at radius 3 is 2.76 bits per heavy atom. The summed E-state index contributed by atoms with van der Waals surface area (Å²) in [6.45, 7) is 4.97. The van der Waals surface area contributed by atoms with Crippen LogP contribution in [0.5, 0.6) is 5.75 Å². The van der Waals surface area contributed by atoms with Crippen molar-refractivity contribution in [3.05, 3.63) is 83.9 Å². The molecule has 1 aromatic carbocycles. The van der Waals surface area contributed by atoms with Crippen LogP contribution in [0.1, 0.15) is 23.2 Å². The van der Waals surface area contributed by atoms with E-state index in [1.165, 1.54) is 22.5 Å². The van der Waals surface area contributed by atoms with Crippen LogP contribution in [-0.4, -0.2) is 41.6 Å². The number of benzene rings is 1. The summed E-state index contributed by atoms with van der Waals surface area (Å²) < 4.78 is 5.39. The minimum Gasteiger partial charge on any atom is -0.497 e. The van der Waals surface area contributed by atoms with Gasteiger partial charge < -0.3 is 9.64 Å². The first-order valence-electron chi connectivity index (χ1n) is 10.2. The van der Waals surface area contributed by atoms with E-state index >= 15 is 0 Å². The molecule has 1 atom stereocenters. The second-order valence-corrected chi connectivity index (χ2v) is 8.18. The fourth-order valence-electron chi connectivity index (χ4n) is 4.88. The molecule has 1 saturated heterocycles. The average molecular weight is 386 g/mol. The summed E-state index contributed by atoms with van der Waals surface area (Å²) in [5.74, 6) is 0.923. The molecule has 148 valence electrons. The maximum atomic E-state index is 5.39. The Balaban J connectivity index is 1.36. The lowest BCUT2D eigenvalue weighted by Crippen LogP contribution is -2.36. The normalized spacial score (nSPS) is 20.9. The highest BCUT2D eigenvalue weighted by Gasteiger charge is 2.48.